The molecule has 0 aliphatic carbocycles. The van der Waals surface area contributed by atoms with E-state index in [1.54, 1.807) is 0 Å². The van der Waals surface area contributed by atoms with Crippen LogP contribution < -0.4 is 5.32 Å². The van der Waals surface area contributed by atoms with Crippen molar-refractivity contribution < 1.29 is 0 Å². The molecule has 1 nitrogen and oxygen atoms in total. The number of aryl methyl sites for hydroxylation is 1. The second-order valence-electron chi connectivity index (χ2n) is 6.38. The van der Waals surface area contributed by atoms with Gasteiger partial charge in [-0.1, -0.05) is 55.5 Å². The maximum Gasteiger partial charge on any atom is 0.0446 e. The first kappa shape index (κ1) is 14.5. The van der Waals surface area contributed by atoms with Crippen LogP contribution in [0.4, 0.5) is 0 Å². The first-order chi connectivity index (χ1) is 7.90. The van der Waals surface area contributed by atoms with Crippen LogP contribution in [0.1, 0.15) is 11.1 Å². The number of nitrogens with one attached hydrogen (secondary N) is 1. The van der Waals surface area contributed by atoms with Crippen molar-refractivity contribution in [1.82, 2.24) is 5.32 Å². The van der Waals surface area contributed by atoms with Crippen molar-refractivity contribution in [2.24, 2.45) is 5.92 Å². The van der Waals surface area contributed by atoms with Gasteiger partial charge >= 0.3 is 0 Å². The van der Waals surface area contributed by atoms with E-state index in [1.165, 1.54) is 23.6 Å². The van der Waals surface area contributed by atoms with Gasteiger partial charge in [0, 0.05) is 8.07 Å². The molecule has 0 spiro atoms. The van der Waals surface area contributed by atoms with Crippen LogP contribution in [-0.4, -0.2) is 21.7 Å². The number of hydrogen-bond acceptors (Lipinski definition) is 1. The molecule has 0 radical (unpaired) electrons. The molecule has 0 saturated carbocycles. The summed E-state index contributed by atoms with van der Waals surface area (Å²) < 4.78 is 0. The predicted molar refractivity (Wildman–Crippen MR) is 80.5 cm³/mol. The van der Waals surface area contributed by atoms with Gasteiger partial charge in [0.2, 0.25) is 0 Å². The minimum atomic E-state index is -0.962. The van der Waals surface area contributed by atoms with Crippen molar-refractivity contribution in [3.05, 3.63) is 35.4 Å². The van der Waals surface area contributed by atoms with E-state index in [9.17, 15) is 0 Å². The molecule has 0 aliphatic heterocycles. The standard InChI is InChI=1S/C15H27NSi/c1-13-6-8-14(9-7-13)10-15(11-16-2)12-17(3,4)5/h6-9,15-16H,10-12H2,1-5H3. The highest BCUT2D eigenvalue weighted by Gasteiger charge is 2.20. The number of hydrogen-bond donors (Lipinski definition) is 1. The summed E-state index contributed by atoms with van der Waals surface area (Å²) in [6.45, 7) is 10.7. The summed E-state index contributed by atoms with van der Waals surface area (Å²) in [6, 6.07) is 10.4. The van der Waals surface area contributed by atoms with Gasteiger partial charge in [0.1, 0.15) is 0 Å². The van der Waals surface area contributed by atoms with Gasteiger partial charge in [0.15, 0.2) is 0 Å². The highest BCUT2D eigenvalue weighted by atomic mass is 28.3. The topological polar surface area (TPSA) is 12.0 Å². The van der Waals surface area contributed by atoms with E-state index >= 15 is 0 Å². The summed E-state index contributed by atoms with van der Waals surface area (Å²) in [5.41, 5.74) is 2.83. The number of benzene rings is 1. The molecule has 0 aromatic heterocycles. The second-order valence-corrected chi connectivity index (χ2v) is 11.9. The SMILES string of the molecule is CNCC(Cc1ccc(C)cc1)C[Si](C)(C)C. The Balaban J connectivity index is 2.63. The lowest BCUT2D eigenvalue weighted by Gasteiger charge is -2.24. The lowest BCUT2D eigenvalue weighted by atomic mass is 10.00. The zero-order valence-corrected chi connectivity index (χ0v) is 13.0. The van der Waals surface area contributed by atoms with Crippen molar-refractivity contribution in [3.8, 4) is 0 Å². The van der Waals surface area contributed by atoms with Crippen LogP contribution in [0.15, 0.2) is 24.3 Å². The lowest BCUT2D eigenvalue weighted by Crippen LogP contribution is -2.30. The first-order valence-corrected chi connectivity index (χ1v) is 10.3. The second kappa shape index (κ2) is 6.36. The van der Waals surface area contributed by atoms with Gasteiger partial charge in [-0.15, -0.1) is 0 Å². The fraction of sp³-hybridized carbons (Fsp3) is 0.600. The molecule has 1 atom stereocenters. The summed E-state index contributed by atoms with van der Waals surface area (Å²) in [7, 11) is 1.10. The molecule has 96 valence electrons. The Hall–Kier alpha value is -0.603. The lowest BCUT2D eigenvalue weighted by molar-refractivity contribution is 0.535. The Morgan fingerprint density at radius 3 is 2.18 bits per heavy atom. The third-order valence-electron chi connectivity index (χ3n) is 3.04. The molecule has 0 heterocycles. The molecular formula is C15H27NSi. The molecule has 2 heteroatoms. The predicted octanol–water partition coefficient (Wildman–Crippen LogP) is 3.71. The molecule has 1 rings (SSSR count). The highest BCUT2D eigenvalue weighted by molar-refractivity contribution is 6.76. The van der Waals surface area contributed by atoms with E-state index in [-0.39, 0.29) is 0 Å². The van der Waals surface area contributed by atoms with E-state index in [1.807, 2.05) is 0 Å². The molecule has 0 bridgehead atoms. The van der Waals surface area contributed by atoms with E-state index in [4.69, 9.17) is 0 Å². The van der Waals surface area contributed by atoms with Gasteiger partial charge in [0.25, 0.3) is 0 Å². The Morgan fingerprint density at radius 1 is 1.12 bits per heavy atom. The molecule has 0 aliphatic rings. The van der Waals surface area contributed by atoms with Crippen LogP contribution >= 0.6 is 0 Å². The van der Waals surface area contributed by atoms with Gasteiger partial charge in [-0.05, 0) is 38.4 Å². The van der Waals surface area contributed by atoms with Gasteiger partial charge in [-0.3, -0.25) is 0 Å². The minimum Gasteiger partial charge on any atom is -0.319 e. The largest absolute Gasteiger partial charge is 0.319 e. The molecule has 0 saturated heterocycles. The first-order valence-electron chi connectivity index (χ1n) is 6.61. The van der Waals surface area contributed by atoms with Crippen LogP contribution in [0.5, 0.6) is 0 Å². The van der Waals surface area contributed by atoms with E-state index in [0.29, 0.717) is 0 Å². The monoisotopic (exact) mass is 249 g/mol. The molecule has 0 amide bonds. The van der Waals surface area contributed by atoms with Crippen LogP contribution in [0.3, 0.4) is 0 Å². The summed E-state index contributed by atoms with van der Waals surface area (Å²) in [6.07, 6.45) is 1.21. The van der Waals surface area contributed by atoms with E-state index in [0.717, 1.165) is 12.5 Å². The van der Waals surface area contributed by atoms with Crippen LogP contribution in [0, 0.1) is 12.8 Å². The van der Waals surface area contributed by atoms with Gasteiger partial charge in [0.05, 0.1) is 0 Å². The third kappa shape index (κ3) is 6.04. The Kier molecular flexibility index (Phi) is 5.41. The van der Waals surface area contributed by atoms with Crippen molar-refractivity contribution in [2.75, 3.05) is 13.6 Å². The van der Waals surface area contributed by atoms with Gasteiger partial charge in [-0.2, -0.15) is 0 Å². The Bertz CT molecular complexity index is 324. The molecule has 1 unspecified atom stereocenters. The van der Waals surface area contributed by atoms with E-state index in [2.05, 4.69) is 63.2 Å². The number of rotatable bonds is 6. The highest BCUT2D eigenvalue weighted by Crippen LogP contribution is 2.20. The summed E-state index contributed by atoms with van der Waals surface area (Å²) in [5, 5.41) is 3.34. The van der Waals surface area contributed by atoms with Crippen LogP contribution in [0.25, 0.3) is 0 Å². The maximum atomic E-state index is 3.34. The van der Waals surface area contributed by atoms with Gasteiger partial charge in [-0.25, -0.2) is 0 Å². The van der Waals surface area contributed by atoms with Crippen molar-refractivity contribution in [2.45, 2.75) is 39.0 Å². The molecule has 1 aromatic carbocycles. The fourth-order valence-corrected chi connectivity index (χ4v) is 4.45. The van der Waals surface area contributed by atoms with Crippen molar-refractivity contribution in [3.63, 3.8) is 0 Å². The third-order valence-corrected chi connectivity index (χ3v) is 4.84. The molecule has 1 aromatic rings. The average molecular weight is 249 g/mol. The molecule has 1 N–H and O–H groups in total. The smallest absolute Gasteiger partial charge is 0.0446 e. The maximum absolute atomic E-state index is 3.34. The van der Waals surface area contributed by atoms with Gasteiger partial charge < -0.3 is 5.32 Å². The summed E-state index contributed by atoms with van der Waals surface area (Å²) >= 11 is 0. The normalized spacial score (nSPS) is 13.7. The Morgan fingerprint density at radius 2 is 1.71 bits per heavy atom. The van der Waals surface area contributed by atoms with Crippen molar-refractivity contribution in [1.29, 1.82) is 0 Å². The van der Waals surface area contributed by atoms with Crippen LogP contribution in [-0.2, 0) is 6.42 Å². The van der Waals surface area contributed by atoms with Crippen molar-refractivity contribution >= 4 is 8.07 Å². The minimum absolute atomic E-state index is 0.786. The van der Waals surface area contributed by atoms with Crippen LogP contribution in [0.2, 0.25) is 25.7 Å². The summed E-state index contributed by atoms with van der Waals surface area (Å²) in [5.74, 6) is 0.786. The average Bonchev–Trinajstić information content (AvgIpc) is 2.19. The summed E-state index contributed by atoms with van der Waals surface area (Å²) in [4.78, 5) is 0. The molecular weight excluding hydrogens is 222 g/mol. The molecule has 0 fully saturated rings. The zero-order chi connectivity index (χ0) is 12.9. The molecule has 17 heavy (non-hydrogen) atoms. The fourth-order valence-electron chi connectivity index (χ4n) is 2.43. The zero-order valence-electron chi connectivity index (χ0n) is 12.0. The Labute approximate surface area is 108 Å². The van der Waals surface area contributed by atoms with E-state index < -0.39 is 8.07 Å². The quantitative estimate of drug-likeness (QED) is 0.758.